The van der Waals surface area contributed by atoms with Crippen LogP contribution in [0.4, 0.5) is 5.69 Å². The first-order chi connectivity index (χ1) is 11.6. The first kappa shape index (κ1) is 16.8. The van der Waals surface area contributed by atoms with Crippen molar-refractivity contribution in [2.24, 2.45) is 0 Å². The number of hydrogen-bond acceptors (Lipinski definition) is 6. The molecule has 1 aliphatic carbocycles. The smallest absolute Gasteiger partial charge is 0.277 e. The van der Waals surface area contributed by atoms with Gasteiger partial charge < -0.3 is 15.1 Å². The Morgan fingerprint density at radius 2 is 1.96 bits per heavy atom. The molecule has 3 rings (SSSR count). The van der Waals surface area contributed by atoms with Crippen LogP contribution in [0.5, 0.6) is 0 Å². The average Bonchev–Trinajstić information content (AvgIpc) is 3.09. The highest BCUT2D eigenvalue weighted by atomic mass is 32.2. The van der Waals surface area contributed by atoms with Gasteiger partial charge in [-0.3, -0.25) is 4.79 Å². The van der Waals surface area contributed by atoms with Gasteiger partial charge in [0.2, 0.25) is 11.8 Å². The molecule has 2 N–H and O–H groups in total. The van der Waals surface area contributed by atoms with Gasteiger partial charge in [-0.25, -0.2) is 0 Å². The second-order valence-electron chi connectivity index (χ2n) is 6.08. The van der Waals surface area contributed by atoms with Crippen LogP contribution in [0.3, 0.4) is 0 Å². The van der Waals surface area contributed by atoms with Crippen LogP contribution >= 0.6 is 11.8 Å². The van der Waals surface area contributed by atoms with Gasteiger partial charge in [-0.05, 0) is 37.1 Å². The van der Waals surface area contributed by atoms with Crippen LogP contribution in [0.15, 0.2) is 33.9 Å². The third kappa shape index (κ3) is 4.08. The van der Waals surface area contributed by atoms with Gasteiger partial charge in [-0.1, -0.05) is 31.0 Å². The van der Waals surface area contributed by atoms with Crippen molar-refractivity contribution in [3.63, 3.8) is 0 Å². The van der Waals surface area contributed by atoms with Gasteiger partial charge in [-0.15, -0.1) is 10.2 Å². The van der Waals surface area contributed by atoms with E-state index in [1.165, 1.54) is 31.0 Å². The predicted octanol–water partition coefficient (Wildman–Crippen LogP) is 3.20. The third-order valence-corrected chi connectivity index (χ3v) is 5.20. The van der Waals surface area contributed by atoms with Gasteiger partial charge in [0, 0.05) is 24.3 Å². The van der Waals surface area contributed by atoms with E-state index in [4.69, 9.17) is 10.2 Å². The van der Waals surface area contributed by atoms with Crippen LogP contribution in [0.1, 0.15) is 32.1 Å². The Hall–Kier alpha value is -2.02. The van der Waals surface area contributed by atoms with E-state index < -0.39 is 0 Å². The van der Waals surface area contributed by atoms with Crippen LogP contribution in [0.2, 0.25) is 0 Å². The zero-order chi connectivity index (χ0) is 16.9. The quantitative estimate of drug-likeness (QED) is 0.661. The summed E-state index contributed by atoms with van der Waals surface area (Å²) in [7, 11) is 1.90. The number of thioether (sulfide) groups is 1. The molecule has 2 aromatic rings. The lowest BCUT2D eigenvalue weighted by Gasteiger charge is -2.31. The number of benzene rings is 1. The molecule has 1 amide bonds. The van der Waals surface area contributed by atoms with E-state index in [2.05, 4.69) is 10.2 Å². The lowest BCUT2D eigenvalue weighted by molar-refractivity contribution is -0.129. The molecule has 1 aromatic heterocycles. The Morgan fingerprint density at radius 3 is 2.67 bits per heavy atom. The largest absolute Gasteiger partial charge is 0.411 e. The first-order valence-corrected chi connectivity index (χ1v) is 9.20. The summed E-state index contributed by atoms with van der Waals surface area (Å²) in [6.07, 6.45) is 5.92. The van der Waals surface area contributed by atoms with E-state index in [1.54, 1.807) is 12.1 Å². The molecular formula is C17H22N4O2S. The number of nitrogens with zero attached hydrogens (tertiary/aromatic N) is 3. The fourth-order valence-corrected chi connectivity index (χ4v) is 3.59. The summed E-state index contributed by atoms with van der Waals surface area (Å²) in [5.41, 5.74) is 7.17. The highest BCUT2D eigenvalue weighted by molar-refractivity contribution is 7.99. The van der Waals surface area contributed by atoms with E-state index >= 15 is 0 Å². The second-order valence-corrected chi connectivity index (χ2v) is 7.01. The number of aromatic nitrogens is 2. The number of anilines is 1. The van der Waals surface area contributed by atoms with Crippen LogP contribution in [-0.4, -0.2) is 39.8 Å². The Balaban J connectivity index is 1.55. The van der Waals surface area contributed by atoms with Crippen molar-refractivity contribution in [3.8, 4) is 11.5 Å². The maximum atomic E-state index is 12.3. The summed E-state index contributed by atoms with van der Waals surface area (Å²) in [6.45, 7) is 0. The Labute approximate surface area is 145 Å². The normalized spacial score (nSPS) is 15.4. The SMILES string of the molecule is CN(C(=O)CSc1nnc(-c2ccc(N)cc2)o1)C1CCCCC1. The Morgan fingerprint density at radius 1 is 1.25 bits per heavy atom. The average molecular weight is 346 g/mol. The van der Waals surface area contributed by atoms with E-state index in [9.17, 15) is 4.79 Å². The fraction of sp³-hybridized carbons (Fsp3) is 0.471. The van der Waals surface area contributed by atoms with Gasteiger partial charge in [-0.2, -0.15) is 0 Å². The molecule has 1 saturated carbocycles. The zero-order valence-corrected chi connectivity index (χ0v) is 14.6. The van der Waals surface area contributed by atoms with Crippen molar-refractivity contribution >= 4 is 23.4 Å². The summed E-state index contributed by atoms with van der Waals surface area (Å²) in [4.78, 5) is 14.2. The predicted molar refractivity (Wildman–Crippen MR) is 94.5 cm³/mol. The molecular weight excluding hydrogens is 324 g/mol. The molecule has 128 valence electrons. The van der Waals surface area contributed by atoms with Gasteiger partial charge in [0.05, 0.1) is 5.75 Å². The number of hydrogen-bond donors (Lipinski definition) is 1. The summed E-state index contributed by atoms with van der Waals surface area (Å²) in [5.74, 6) is 0.862. The minimum absolute atomic E-state index is 0.110. The zero-order valence-electron chi connectivity index (χ0n) is 13.8. The molecule has 0 bridgehead atoms. The third-order valence-electron chi connectivity index (χ3n) is 4.40. The summed E-state index contributed by atoms with van der Waals surface area (Å²) >= 11 is 1.28. The molecule has 1 heterocycles. The van der Waals surface area contributed by atoms with Crippen LogP contribution in [0, 0.1) is 0 Å². The molecule has 24 heavy (non-hydrogen) atoms. The van der Waals surface area contributed by atoms with Crippen molar-refractivity contribution in [1.82, 2.24) is 15.1 Å². The number of carbonyl (C=O) groups excluding carboxylic acids is 1. The minimum atomic E-state index is 0.110. The van der Waals surface area contributed by atoms with Gasteiger partial charge in [0.25, 0.3) is 5.22 Å². The van der Waals surface area contributed by atoms with Gasteiger partial charge >= 0.3 is 0 Å². The number of nitrogen functional groups attached to an aromatic ring is 1. The highest BCUT2D eigenvalue weighted by Gasteiger charge is 2.22. The van der Waals surface area contributed by atoms with E-state index in [0.29, 0.717) is 28.6 Å². The molecule has 1 aromatic carbocycles. The van der Waals surface area contributed by atoms with Gasteiger partial charge in [0.15, 0.2) is 0 Å². The van der Waals surface area contributed by atoms with Crippen LogP contribution in [0.25, 0.3) is 11.5 Å². The molecule has 0 atom stereocenters. The first-order valence-electron chi connectivity index (χ1n) is 8.21. The summed E-state index contributed by atoms with van der Waals surface area (Å²) in [5, 5.41) is 8.44. The van der Waals surface area contributed by atoms with Crippen molar-refractivity contribution in [1.29, 1.82) is 0 Å². The maximum Gasteiger partial charge on any atom is 0.277 e. The van der Waals surface area contributed by atoms with E-state index in [-0.39, 0.29) is 5.91 Å². The van der Waals surface area contributed by atoms with Crippen molar-refractivity contribution in [3.05, 3.63) is 24.3 Å². The number of carbonyl (C=O) groups is 1. The van der Waals surface area contributed by atoms with Crippen molar-refractivity contribution in [2.75, 3.05) is 18.5 Å². The maximum absolute atomic E-state index is 12.3. The van der Waals surface area contributed by atoms with Crippen LogP contribution in [-0.2, 0) is 4.79 Å². The Kier molecular flexibility index (Phi) is 5.40. The number of rotatable bonds is 5. The molecule has 7 heteroatoms. The van der Waals surface area contributed by atoms with Crippen LogP contribution < -0.4 is 5.73 Å². The molecule has 0 saturated heterocycles. The monoisotopic (exact) mass is 346 g/mol. The molecule has 0 unspecified atom stereocenters. The number of nitrogens with two attached hydrogens (primary N) is 1. The summed E-state index contributed by atoms with van der Waals surface area (Å²) in [6, 6.07) is 7.61. The fourth-order valence-electron chi connectivity index (χ4n) is 2.91. The minimum Gasteiger partial charge on any atom is -0.411 e. The van der Waals surface area contributed by atoms with E-state index in [0.717, 1.165) is 18.4 Å². The topological polar surface area (TPSA) is 85.2 Å². The molecule has 0 aliphatic heterocycles. The molecule has 0 spiro atoms. The van der Waals surface area contributed by atoms with E-state index in [1.807, 2.05) is 24.1 Å². The molecule has 0 radical (unpaired) electrons. The second kappa shape index (κ2) is 7.70. The summed E-state index contributed by atoms with van der Waals surface area (Å²) < 4.78 is 5.61. The molecule has 1 aliphatic rings. The highest BCUT2D eigenvalue weighted by Crippen LogP contribution is 2.25. The molecule has 6 nitrogen and oxygen atoms in total. The lowest BCUT2D eigenvalue weighted by atomic mass is 9.94. The van der Waals surface area contributed by atoms with Gasteiger partial charge in [0.1, 0.15) is 0 Å². The number of amides is 1. The van der Waals surface area contributed by atoms with Crippen molar-refractivity contribution < 1.29 is 9.21 Å². The Bertz CT molecular complexity index is 680. The van der Waals surface area contributed by atoms with Crippen molar-refractivity contribution in [2.45, 2.75) is 43.4 Å². The standard InChI is InChI=1S/C17H22N4O2S/c1-21(14-5-3-2-4-6-14)15(22)11-24-17-20-19-16(23-17)12-7-9-13(18)10-8-12/h7-10,14H,2-6,11,18H2,1H3. The molecule has 1 fully saturated rings. The lowest BCUT2D eigenvalue weighted by Crippen LogP contribution is -2.39.